The lowest BCUT2D eigenvalue weighted by Gasteiger charge is -2.41. The minimum absolute atomic E-state index is 0. The molecule has 4 aliphatic rings. The van der Waals surface area contributed by atoms with Crippen molar-refractivity contribution in [3.05, 3.63) is 71.9 Å². The number of hydrogen-bond acceptors (Lipinski definition) is 3. The zero-order valence-corrected chi connectivity index (χ0v) is 16.9. The van der Waals surface area contributed by atoms with E-state index in [2.05, 4.69) is 62.2 Å². The van der Waals surface area contributed by atoms with Crippen molar-refractivity contribution in [3.8, 4) is 0 Å². The standard InChI is InChI=1S/C22H18N6O.ClH/c29-22-27-11-9-25-16-7-3-1-5-14(16)23-20(25)18(27)13-19-21-24-15-6-2-4-8-17(15)26(21)10-12-28(19)22;/h1-8,13H,9-12H2,(H,23,24);1H. The first kappa shape index (κ1) is 17.4. The van der Waals surface area contributed by atoms with Gasteiger partial charge in [-0.2, -0.15) is 0 Å². The highest BCUT2D eigenvalue weighted by Gasteiger charge is 2.44. The molecule has 2 aromatic carbocycles. The minimum Gasteiger partial charge on any atom is -1.00 e. The Kier molecular flexibility index (Phi) is 3.50. The van der Waals surface area contributed by atoms with E-state index in [1.54, 1.807) is 0 Å². The number of benzene rings is 2. The summed E-state index contributed by atoms with van der Waals surface area (Å²) < 4.78 is 2.28. The topological polar surface area (TPSA) is 58.5 Å². The number of carbonyl (C=O) groups is 1. The number of aromatic amines is 1. The average Bonchev–Trinajstić information content (AvgIpc) is 3.32. The molecule has 0 atom stereocenters. The van der Waals surface area contributed by atoms with Crippen LogP contribution in [0.15, 0.2) is 66.1 Å². The molecule has 0 radical (unpaired) electrons. The molecule has 2 N–H and O–H groups in total. The summed E-state index contributed by atoms with van der Waals surface area (Å²) in [4.78, 5) is 23.0. The molecule has 7 nitrogen and oxygen atoms in total. The van der Waals surface area contributed by atoms with E-state index in [4.69, 9.17) is 0 Å². The molecule has 3 aromatic rings. The summed E-state index contributed by atoms with van der Waals surface area (Å²) in [6.45, 7) is 2.94. The molecule has 4 aliphatic heterocycles. The number of para-hydroxylation sites is 4. The molecule has 2 amide bonds. The maximum Gasteiger partial charge on any atom is 0.329 e. The number of nitrogens with one attached hydrogen (secondary N) is 2. The molecule has 0 bridgehead atoms. The van der Waals surface area contributed by atoms with Gasteiger partial charge in [0.25, 0.3) is 0 Å². The molecule has 1 aromatic heterocycles. The minimum atomic E-state index is 0. The van der Waals surface area contributed by atoms with E-state index in [0.717, 1.165) is 47.3 Å². The Bertz CT molecular complexity index is 1290. The predicted octanol–water partition coefficient (Wildman–Crippen LogP) is -0.334. The van der Waals surface area contributed by atoms with Crippen molar-refractivity contribution in [2.75, 3.05) is 29.9 Å². The van der Waals surface area contributed by atoms with Gasteiger partial charge in [0.15, 0.2) is 11.0 Å². The number of carbonyl (C=O) groups excluding carboxylic acids is 1. The van der Waals surface area contributed by atoms with E-state index in [9.17, 15) is 4.79 Å². The number of amides is 2. The summed E-state index contributed by atoms with van der Waals surface area (Å²) in [5.74, 6) is 1.98. The van der Waals surface area contributed by atoms with Crippen LogP contribution in [0.4, 0.5) is 16.2 Å². The summed E-state index contributed by atoms with van der Waals surface area (Å²) >= 11 is 0. The lowest BCUT2D eigenvalue weighted by Crippen LogP contribution is -3.00. The number of H-pyrrole nitrogens is 1. The fraction of sp³-hybridized carbons (Fsp3) is 0.182. The second-order valence-electron chi connectivity index (χ2n) is 7.79. The number of halogens is 1. The van der Waals surface area contributed by atoms with Gasteiger partial charge in [0, 0.05) is 13.1 Å². The molecule has 150 valence electrons. The van der Waals surface area contributed by atoms with Crippen molar-refractivity contribution in [3.63, 3.8) is 0 Å². The summed E-state index contributed by atoms with van der Waals surface area (Å²) in [6, 6.07) is 16.7. The number of imidazole rings is 1. The zero-order valence-electron chi connectivity index (χ0n) is 16.1. The Balaban J connectivity index is 0.00000175. The third kappa shape index (κ3) is 2.10. The molecular formula is C22H19ClN6O. The Labute approximate surface area is 179 Å². The molecule has 0 spiro atoms. The molecule has 0 saturated heterocycles. The number of allylic oxidation sites excluding steroid dienone is 1. The van der Waals surface area contributed by atoms with Gasteiger partial charge in [0.2, 0.25) is 0 Å². The first-order valence-electron chi connectivity index (χ1n) is 9.99. The quantitative estimate of drug-likeness (QED) is 0.491. The van der Waals surface area contributed by atoms with Crippen molar-refractivity contribution in [2.45, 2.75) is 6.54 Å². The third-order valence-electron chi connectivity index (χ3n) is 6.33. The summed E-state index contributed by atoms with van der Waals surface area (Å²) in [5.41, 5.74) is 6.41. The van der Waals surface area contributed by atoms with Crippen LogP contribution >= 0.6 is 0 Å². The molecule has 5 heterocycles. The highest BCUT2D eigenvalue weighted by atomic mass is 35.5. The third-order valence-corrected chi connectivity index (χ3v) is 6.33. The Morgan fingerprint density at radius 2 is 1.70 bits per heavy atom. The number of hydrogen-bond donors (Lipinski definition) is 2. The van der Waals surface area contributed by atoms with E-state index in [1.165, 1.54) is 11.2 Å². The second-order valence-corrected chi connectivity index (χ2v) is 7.79. The van der Waals surface area contributed by atoms with Crippen LogP contribution in [-0.4, -0.2) is 40.4 Å². The molecule has 8 heteroatoms. The van der Waals surface area contributed by atoms with E-state index in [0.29, 0.717) is 13.1 Å². The number of aromatic nitrogens is 2. The van der Waals surface area contributed by atoms with Gasteiger partial charge in [-0.1, -0.05) is 24.3 Å². The fourth-order valence-electron chi connectivity index (χ4n) is 4.99. The lowest BCUT2D eigenvalue weighted by atomic mass is 10.1. The van der Waals surface area contributed by atoms with Crippen LogP contribution in [0.2, 0.25) is 0 Å². The van der Waals surface area contributed by atoms with Crippen LogP contribution in [0.1, 0.15) is 5.82 Å². The van der Waals surface area contributed by atoms with Crippen molar-refractivity contribution in [2.24, 2.45) is 0 Å². The number of nitrogens with zero attached hydrogens (tertiary/aromatic N) is 4. The largest absolute Gasteiger partial charge is 1.00 e. The predicted molar refractivity (Wildman–Crippen MR) is 110 cm³/mol. The zero-order chi connectivity index (χ0) is 19.1. The maximum atomic E-state index is 13.4. The van der Waals surface area contributed by atoms with Crippen molar-refractivity contribution >= 4 is 34.1 Å². The second kappa shape index (κ2) is 6.03. The van der Waals surface area contributed by atoms with Gasteiger partial charge in [0.1, 0.15) is 18.1 Å². The smallest absolute Gasteiger partial charge is 0.329 e. The Hall–Kier alpha value is -3.45. The Morgan fingerprint density at radius 3 is 2.63 bits per heavy atom. The van der Waals surface area contributed by atoms with Gasteiger partial charge in [-0.15, -0.1) is 0 Å². The van der Waals surface area contributed by atoms with Crippen LogP contribution in [0.5, 0.6) is 0 Å². The molecule has 0 fully saturated rings. The van der Waals surface area contributed by atoms with Gasteiger partial charge in [-0.3, -0.25) is 9.80 Å². The van der Waals surface area contributed by atoms with E-state index >= 15 is 0 Å². The normalized spacial score (nSPS) is 18.7. The summed E-state index contributed by atoms with van der Waals surface area (Å²) in [7, 11) is 0. The van der Waals surface area contributed by atoms with E-state index in [-0.39, 0.29) is 18.4 Å². The van der Waals surface area contributed by atoms with Crippen LogP contribution in [0.25, 0.3) is 16.7 Å². The Morgan fingerprint density at radius 1 is 0.900 bits per heavy atom. The highest BCUT2D eigenvalue weighted by molar-refractivity contribution is 5.93. The van der Waals surface area contributed by atoms with Crippen LogP contribution in [-0.2, 0) is 6.54 Å². The van der Waals surface area contributed by atoms with Gasteiger partial charge < -0.3 is 22.6 Å². The van der Waals surface area contributed by atoms with Gasteiger partial charge in [-0.25, -0.2) is 14.3 Å². The van der Waals surface area contributed by atoms with Crippen molar-refractivity contribution in [1.82, 2.24) is 14.8 Å². The molecule has 0 unspecified atom stereocenters. The lowest BCUT2D eigenvalue weighted by molar-refractivity contribution is -0.677. The number of rotatable bonds is 0. The first-order chi connectivity index (χ1) is 14.3. The van der Waals surface area contributed by atoms with Crippen molar-refractivity contribution < 1.29 is 21.8 Å². The number of anilines is 2. The molecule has 7 rings (SSSR count). The number of fused-ring (bicyclic) bond motifs is 9. The fourth-order valence-corrected chi connectivity index (χ4v) is 4.99. The van der Waals surface area contributed by atoms with Crippen LogP contribution < -0.4 is 27.2 Å². The molecule has 30 heavy (non-hydrogen) atoms. The molecule has 0 aliphatic carbocycles. The SMILES string of the molecule is O=C1N2CC[n+]3c([nH]c4ccccc43)C2=CC2=C3Nc4ccccc4N3CCN12.[Cl-]. The van der Waals surface area contributed by atoms with E-state index in [1.807, 2.05) is 21.9 Å². The van der Waals surface area contributed by atoms with Gasteiger partial charge in [-0.05, 0) is 30.3 Å². The molecule has 0 saturated carbocycles. The van der Waals surface area contributed by atoms with Crippen molar-refractivity contribution in [1.29, 1.82) is 0 Å². The summed E-state index contributed by atoms with van der Waals surface area (Å²) in [6.07, 6.45) is 2.15. The number of urea groups is 1. The average molecular weight is 419 g/mol. The van der Waals surface area contributed by atoms with E-state index < -0.39 is 0 Å². The summed E-state index contributed by atoms with van der Waals surface area (Å²) in [5, 5.41) is 3.53. The maximum absolute atomic E-state index is 13.4. The molecular weight excluding hydrogens is 400 g/mol. The van der Waals surface area contributed by atoms with Crippen LogP contribution in [0.3, 0.4) is 0 Å². The van der Waals surface area contributed by atoms with Crippen LogP contribution in [0, 0.1) is 0 Å². The highest BCUT2D eigenvalue weighted by Crippen LogP contribution is 2.42. The van der Waals surface area contributed by atoms with Gasteiger partial charge >= 0.3 is 11.9 Å². The van der Waals surface area contributed by atoms with Gasteiger partial charge in [0.05, 0.1) is 23.6 Å². The first-order valence-corrected chi connectivity index (χ1v) is 9.99. The monoisotopic (exact) mass is 418 g/mol.